The highest BCUT2D eigenvalue weighted by Crippen LogP contribution is 2.42. The Hall–Kier alpha value is -3.29. The molecule has 4 amide bonds. The summed E-state index contributed by atoms with van der Waals surface area (Å²) in [6, 6.07) is 10.4. The summed E-state index contributed by atoms with van der Waals surface area (Å²) in [6.07, 6.45) is 1.93. The van der Waals surface area contributed by atoms with E-state index < -0.39 is 47.6 Å². The maximum atomic E-state index is 13.8. The lowest BCUT2D eigenvalue weighted by Gasteiger charge is -2.22. The molecule has 2 N–H and O–H groups in total. The summed E-state index contributed by atoms with van der Waals surface area (Å²) in [6.45, 7) is 1.24. The lowest BCUT2D eigenvalue weighted by Crippen LogP contribution is -2.47. The summed E-state index contributed by atoms with van der Waals surface area (Å²) < 4.78 is 27.4. The van der Waals surface area contributed by atoms with E-state index in [1.807, 2.05) is 0 Å². The van der Waals surface area contributed by atoms with Crippen LogP contribution in [0.5, 0.6) is 0 Å². The Morgan fingerprint density at radius 3 is 2.48 bits per heavy atom. The van der Waals surface area contributed by atoms with Crippen LogP contribution in [0.2, 0.25) is 0 Å². The molecule has 2 aromatic carbocycles. The van der Waals surface area contributed by atoms with E-state index in [1.54, 1.807) is 25.1 Å². The molecule has 2 aromatic rings. The lowest BCUT2D eigenvalue weighted by molar-refractivity contribution is -0.135. The number of carbonyl (C=O) groups is 3. The van der Waals surface area contributed by atoms with Gasteiger partial charge >= 0.3 is 6.03 Å². The van der Waals surface area contributed by atoms with Crippen LogP contribution in [0, 0.1) is 17.6 Å². The number of rotatable bonds is 7. The standard InChI is InChI=1S/C23H23F2N3O3/c1-23(16-8-9-16)21(30)28(22(31)27-23)13-20(29)26-19(15-5-3-7-18(25)12-15)11-14-4-2-6-17(24)10-14/h2-7,10,12,16,19H,8-9,11,13H2,1H3,(H,26,29)(H,27,31). The van der Waals surface area contributed by atoms with Gasteiger partial charge in [-0.05, 0) is 67.5 Å². The van der Waals surface area contributed by atoms with Crippen molar-refractivity contribution >= 4 is 17.8 Å². The first-order valence-corrected chi connectivity index (χ1v) is 10.2. The Morgan fingerprint density at radius 1 is 1.16 bits per heavy atom. The first-order chi connectivity index (χ1) is 14.8. The molecule has 4 rings (SSSR count). The normalized spacial score (nSPS) is 21.7. The molecule has 1 aliphatic heterocycles. The van der Waals surface area contributed by atoms with Crippen LogP contribution >= 0.6 is 0 Å². The monoisotopic (exact) mass is 427 g/mol. The number of benzene rings is 2. The quantitative estimate of drug-likeness (QED) is 0.667. The zero-order valence-electron chi connectivity index (χ0n) is 17.0. The number of halogens is 2. The van der Waals surface area contributed by atoms with Crippen LogP contribution in [0.15, 0.2) is 48.5 Å². The number of imide groups is 1. The van der Waals surface area contributed by atoms with Gasteiger partial charge in [-0.2, -0.15) is 0 Å². The number of urea groups is 1. The first kappa shape index (κ1) is 21.0. The number of hydrogen-bond acceptors (Lipinski definition) is 3. The second-order valence-electron chi connectivity index (χ2n) is 8.31. The van der Waals surface area contributed by atoms with Gasteiger partial charge in [0.15, 0.2) is 0 Å². The average Bonchev–Trinajstić information content (AvgIpc) is 3.54. The van der Waals surface area contributed by atoms with E-state index in [-0.39, 0.29) is 12.3 Å². The smallest absolute Gasteiger partial charge is 0.325 e. The van der Waals surface area contributed by atoms with E-state index in [9.17, 15) is 23.2 Å². The van der Waals surface area contributed by atoms with E-state index >= 15 is 0 Å². The summed E-state index contributed by atoms with van der Waals surface area (Å²) in [5.74, 6) is -1.77. The second kappa shape index (κ2) is 8.09. The molecule has 1 aliphatic carbocycles. The van der Waals surface area contributed by atoms with Gasteiger partial charge in [-0.1, -0.05) is 24.3 Å². The Bertz CT molecular complexity index is 1040. The molecule has 0 bridgehead atoms. The Morgan fingerprint density at radius 2 is 1.84 bits per heavy atom. The van der Waals surface area contributed by atoms with Crippen molar-refractivity contribution in [1.82, 2.24) is 15.5 Å². The molecule has 2 aliphatic rings. The second-order valence-corrected chi connectivity index (χ2v) is 8.31. The summed E-state index contributed by atoms with van der Waals surface area (Å²) in [5, 5.41) is 5.47. The summed E-state index contributed by atoms with van der Waals surface area (Å²) >= 11 is 0. The lowest BCUT2D eigenvalue weighted by atomic mass is 9.96. The van der Waals surface area contributed by atoms with Gasteiger partial charge in [-0.3, -0.25) is 14.5 Å². The molecular weight excluding hydrogens is 404 g/mol. The third-order valence-corrected chi connectivity index (χ3v) is 5.91. The maximum absolute atomic E-state index is 13.8. The van der Waals surface area contributed by atoms with Crippen molar-refractivity contribution in [2.45, 2.75) is 37.8 Å². The minimum absolute atomic E-state index is 0.0880. The van der Waals surface area contributed by atoms with E-state index in [0.29, 0.717) is 11.1 Å². The van der Waals surface area contributed by atoms with Crippen LogP contribution in [-0.4, -0.2) is 34.8 Å². The van der Waals surface area contributed by atoms with E-state index in [2.05, 4.69) is 10.6 Å². The summed E-state index contributed by atoms with van der Waals surface area (Å²) in [4.78, 5) is 38.7. The van der Waals surface area contributed by atoms with Crippen molar-refractivity contribution < 1.29 is 23.2 Å². The minimum atomic E-state index is -0.971. The van der Waals surface area contributed by atoms with Crippen LogP contribution in [0.4, 0.5) is 13.6 Å². The van der Waals surface area contributed by atoms with Crippen molar-refractivity contribution in [1.29, 1.82) is 0 Å². The molecule has 0 aromatic heterocycles. The number of nitrogens with one attached hydrogen (secondary N) is 2. The van der Waals surface area contributed by atoms with E-state index in [4.69, 9.17) is 0 Å². The largest absolute Gasteiger partial charge is 0.347 e. The SMILES string of the molecule is CC1(C2CC2)NC(=O)N(CC(=O)NC(Cc2cccc(F)c2)c2cccc(F)c2)C1=O. The zero-order valence-corrected chi connectivity index (χ0v) is 17.0. The van der Waals surface area contributed by atoms with Crippen molar-refractivity contribution in [3.63, 3.8) is 0 Å². The minimum Gasteiger partial charge on any atom is -0.347 e. The van der Waals surface area contributed by atoms with Crippen molar-refractivity contribution in [2.24, 2.45) is 5.92 Å². The van der Waals surface area contributed by atoms with E-state index in [0.717, 1.165) is 17.7 Å². The van der Waals surface area contributed by atoms with Crippen LogP contribution in [0.25, 0.3) is 0 Å². The third kappa shape index (κ3) is 4.42. The maximum Gasteiger partial charge on any atom is 0.325 e. The molecule has 31 heavy (non-hydrogen) atoms. The molecule has 6 nitrogen and oxygen atoms in total. The number of nitrogens with zero attached hydrogens (tertiary/aromatic N) is 1. The topological polar surface area (TPSA) is 78.5 Å². The van der Waals surface area contributed by atoms with Crippen LogP contribution in [-0.2, 0) is 16.0 Å². The molecule has 1 saturated carbocycles. The van der Waals surface area contributed by atoms with Gasteiger partial charge in [0.1, 0.15) is 23.7 Å². The predicted octanol–water partition coefficient (Wildman–Crippen LogP) is 3.09. The summed E-state index contributed by atoms with van der Waals surface area (Å²) in [5.41, 5.74) is 0.143. The van der Waals surface area contributed by atoms with Gasteiger partial charge in [0, 0.05) is 0 Å². The highest BCUT2D eigenvalue weighted by Gasteiger charge is 2.56. The van der Waals surface area contributed by atoms with Gasteiger partial charge in [0.05, 0.1) is 6.04 Å². The molecule has 2 unspecified atom stereocenters. The van der Waals surface area contributed by atoms with Crippen LogP contribution in [0.3, 0.4) is 0 Å². The Balaban J connectivity index is 1.50. The van der Waals surface area contributed by atoms with Gasteiger partial charge in [-0.25, -0.2) is 13.6 Å². The fraction of sp³-hybridized carbons (Fsp3) is 0.348. The Labute approximate surface area is 178 Å². The predicted molar refractivity (Wildman–Crippen MR) is 109 cm³/mol. The summed E-state index contributed by atoms with van der Waals surface area (Å²) in [7, 11) is 0. The zero-order chi connectivity index (χ0) is 22.2. The third-order valence-electron chi connectivity index (χ3n) is 5.91. The van der Waals surface area contributed by atoms with Crippen LogP contribution < -0.4 is 10.6 Å². The highest BCUT2D eigenvalue weighted by atomic mass is 19.1. The van der Waals surface area contributed by atoms with Gasteiger partial charge in [-0.15, -0.1) is 0 Å². The molecule has 0 spiro atoms. The first-order valence-electron chi connectivity index (χ1n) is 10.2. The fourth-order valence-electron chi connectivity index (χ4n) is 4.06. The van der Waals surface area contributed by atoms with E-state index in [1.165, 1.54) is 30.3 Å². The van der Waals surface area contributed by atoms with Gasteiger partial charge in [0.2, 0.25) is 5.91 Å². The molecule has 8 heteroatoms. The molecular formula is C23H23F2N3O3. The highest BCUT2D eigenvalue weighted by molar-refractivity contribution is 6.09. The van der Waals surface area contributed by atoms with Crippen molar-refractivity contribution in [3.05, 3.63) is 71.3 Å². The van der Waals surface area contributed by atoms with Crippen molar-refractivity contribution in [2.75, 3.05) is 6.54 Å². The van der Waals surface area contributed by atoms with Crippen LogP contribution in [0.1, 0.15) is 36.9 Å². The number of carbonyl (C=O) groups excluding carboxylic acids is 3. The average molecular weight is 427 g/mol. The van der Waals surface area contributed by atoms with Gasteiger partial charge in [0.25, 0.3) is 5.91 Å². The molecule has 1 heterocycles. The molecule has 1 saturated heterocycles. The Kier molecular flexibility index (Phi) is 5.47. The number of hydrogen-bond donors (Lipinski definition) is 2. The molecule has 162 valence electrons. The molecule has 2 atom stereocenters. The fourth-order valence-corrected chi connectivity index (χ4v) is 4.06. The van der Waals surface area contributed by atoms with Gasteiger partial charge < -0.3 is 10.6 Å². The number of amides is 4. The van der Waals surface area contributed by atoms with Crippen molar-refractivity contribution in [3.8, 4) is 0 Å². The molecule has 2 fully saturated rings. The molecule has 0 radical (unpaired) electrons.